The van der Waals surface area contributed by atoms with Crippen LogP contribution in [-0.2, 0) is 0 Å². The summed E-state index contributed by atoms with van der Waals surface area (Å²) in [6, 6.07) is 14.4. The van der Waals surface area contributed by atoms with E-state index in [1.165, 1.54) is 10.4 Å². The Morgan fingerprint density at radius 1 is 0.593 bits per heavy atom. The fourth-order valence-corrected chi connectivity index (χ4v) is 1.65. The molecule has 150 valence electrons. The molecule has 0 saturated heterocycles. The van der Waals surface area contributed by atoms with E-state index in [2.05, 4.69) is 35.7 Å². The SMILES string of the molecule is F[B-](F)(F)F.F[B-](F)(F)F.F[B-](F)(F)F.[K+].[c-]1ccc(-c2ccccc2)s1. The largest absolute Gasteiger partial charge is 1.00 e. The fourth-order valence-electron chi connectivity index (χ4n) is 0.999. The molecule has 1 aromatic heterocycles. The average molecular weight is 459 g/mol. The van der Waals surface area contributed by atoms with E-state index in [4.69, 9.17) is 0 Å². The minimum absolute atomic E-state index is 0. The summed E-state index contributed by atoms with van der Waals surface area (Å²) < 4.78 is 117. The van der Waals surface area contributed by atoms with Gasteiger partial charge in [-0.2, -0.15) is 12.1 Å². The Hall–Kier alpha value is -0.0888. The van der Waals surface area contributed by atoms with Crippen LogP contribution in [0.15, 0.2) is 42.5 Å². The van der Waals surface area contributed by atoms with Gasteiger partial charge in [0.05, 0.1) is 0 Å². The van der Waals surface area contributed by atoms with Crippen molar-refractivity contribution < 1.29 is 103 Å². The minimum atomic E-state index is -6.00. The molecule has 0 spiro atoms. The molecule has 0 amide bonds. The third kappa shape index (κ3) is 41.4. The van der Waals surface area contributed by atoms with Crippen LogP contribution in [-0.4, -0.2) is 21.8 Å². The topological polar surface area (TPSA) is 0 Å². The molecule has 0 unspecified atom stereocenters. The zero-order valence-electron chi connectivity index (χ0n) is 13.2. The molecule has 1 heterocycles. The van der Waals surface area contributed by atoms with E-state index >= 15 is 0 Å². The predicted octanol–water partition coefficient (Wildman–Crippen LogP) is 4.12. The first kappa shape index (κ1) is 31.6. The first-order valence-electron chi connectivity index (χ1n) is 6.10. The van der Waals surface area contributed by atoms with Gasteiger partial charge in [-0.05, 0) is 0 Å². The number of benzene rings is 1. The summed E-state index contributed by atoms with van der Waals surface area (Å²) in [5.74, 6) is 0. The summed E-state index contributed by atoms with van der Waals surface area (Å²) in [4.78, 5) is 1.28. The molecule has 0 fully saturated rings. The molecule has 0 radical (unpaired) electrons. The van der Waals surface area contributed by atoms with Crippen LogP contribution in [0, 0.1) is 5.38 Å². The Morgan fingerprint density at radius 3 is 1.19 bits per heavy atom. The number of rotatable bonds is 1. The second-order valence-electron chi connectivity index (χ2n) is 3.77. The molecule has 0 atom stereocenters. The van der Waals surface area contributed by atoms with Gasteiger partial charge in [-0.25, -0.2) is 0 Å². The second-order valence-corrected chi connectivity index (χ2v) is 4.65. The molecular formula is C10H7B3F12KS-3. The first-order valence-corrected chi connectivity index (χ1v) is 6.91. The van der Waals surface area contributed by atoms with E-state index in [9.17, 15) is 51.8 Å². The summed E-state index contributed by atoms with van der Waals surface area (Å²) in [5, 5.41) is 3.07. The van der Waals surface area contributed by atoms with Crippen LogP contribution in [0.1, 0.15) is 0 Å². The maximum absolute atomic E-state index is 9.75. The molecule has 0 aliphatic heterocycles. The summed E-state index contributed by atoms with van der Waals surface area (Å²) in [5.41, 5.74) is 1.28. The van der Waals surface area contributed by atoms with Gasteiger partial charge in [-0.3, -0.25) is 11.3 Å². The van der Waals surface area contributed by atoms with Gasteiger partial charge >= 0.3 is 73.1 Å². The molecule has 0 saturated carbocycles. The van der Waals surface area contributed by atoms with Crippen LogP contribution in [0.3, 0.4) is 0 Å². The van der Waals surface area contributed by atoms with Gasteiger partial charge in [0.25, 0.3) is 0 Å². The van der Waals surface area contributed by atoms with Crippen LogP contribution in [0.25, 0.3) is 10.4 Å². The Labute approximate surface area is 193 Å². The maximum Gasteiger partial charge on any atom is 1.00 e. The molecule has 0 nitrogen and oxygen atoms in total. The van der Waals surface area contributed by atoms with Crippen LogP contribution in [0.5, 0.6) is 0 Å². The molecule has 1 aromatic carbocycles. The van der Waals surface area contributed by atoms with Crippen molar-refractivity contribution in [3.8, 4) is 10.4 Å². The summed E-state index contributed by atoms with van der Waals surface area (Å²) in [6.45, 7) is 0. The third-order valence-corrected chi connectivity index (χ3v) is 2.38. The number of hydrogen-bond donors (Lipinski definition) is 0. The van der Waals surface area contributed by atoms with Crippen molar-refractivity contribution >= 4 is 33.1 Å². The molecule has 0 aliphatic rings. The van der Waals surface area contributed by atoms with Crippen molar-refractivity contribution in [2.75, 3.05) is 0 Å². The molecule has 0 bridgehead atoms. The fraction of sp³-hybridized carbons (Fsp3) is 0. The molecule has 0 aliphatic carbocycles. The summed E-state index contributed by atoms with van der Waals surface area (Å²) in [7, 11) is -18.0. The zero-order valence-corrected chi connectivity index (χ0v) is 17.2. The summed E-state index contributed by atoms with van der Waals surface area (Å²) in [6.07, 6.45) is 0. The predicted molar refractivity (Wildman–Crippen MR) is 79.1 cm³/mol. The molecule has 2 aromatic rings. The van der Waals surface area contributed by atoms with E-state index in [1.807, 2.05) is 12.1 Å². The number of hydrogen-bond acceptors (Lipinski definition) is 1. The van der Waals surface area contributed by atoms with Crippen LogP contribution < -0.4 is 51.4 Å². The van der Waals surface area contributed by atoms with Crippen molar-refractivity contribution in [2.45, 2.75) is 0 Å². The van der Waals surface area contributed by atoms with Gasteiger partial charge in [0.15, 0.2) is 0 Å². The smallest absolute Gasteiger partial charge is 0.418 e. The van der Waals surface area contributed by atoms with Crippen LogP contribution >= 0.6 is 11.3 Å². The van der Waals surface area contributed by atoms with Crippen molar-refractivity contribution in [3.63, 3.8) is 0 Å². The van der Waals surface area contributed by atoms with Crippen molar-refractivity contribution in [3.05, 3.63) is 47.8 Å². The Kier molecular flexibility index (Phi) is 17.4. The van der Waals surface area contributed by atoms with Crippen molar-refractivity contribution in [1.29, 1.82) is 0 Å². The normalized spacial score (nSPS) is 10.7. The van der Waals surface area contributed by atoms with Crippen LogP contribution in [0.4, 0.5) is 51.8 Å². The molecule has 27 heavy (non-hydrogen) atoms. The molecule has 2 rings (SSSR count). The van der Waals surface area contributed by atoms with Gasteiger partial charge in [-0.1, -0.05) is 35.9 Å². The average Bonchev–Trinajstić information content (AvgIpc) is 2.87. The van der Waals surface area contributed by atoms with Crippen LogP contribution in [0.2, 0.25) is 0 Å². The Morgan fingerprint density at radius 2 is 0.926 bits per heavy atom. The first-order chi connectivity index (χ1) is 11.5. The molecule has 0 N–H and O–H groups in total. The standard InChI is InChI=1S/C10H7S.3BF4.K/c1-2-5-9(6-3-1)10-7-4-8-11-10;3*2-1(3,4)5;/h1-7H;;;;/q4*-1;+1. The van der Waals surface area contributed by atoms with Crippen molar-refractivity contribution in [2.24, 2.45) is 0 Å². The molecule has 17 heteroatoms. The monoisotopic (exact) mass is 459 g/mol. The number of halogens is 12. The van der Waals surface area contributed by atoms with Gasteiger partial charge < -0.3 is 51.8 Å². The quantitative estimate of drug-likeness (QED) is 0.343. The second kappa shape index (κ2) is 14.8. The number of thiophene rings is 1. The van der Waals surface area contributed by atoms with E-state index in [0.29, 0.717) is 0 Å². The van der Waals surface area contributed by atoms with Gasteiger partial charge in [-0.15, -0.1) is 10.3 Å². The van der Waals surface area contributed by atoms with Gasteiger partial charge in [0.1, 0.15) is 0 Å². The van der Waals surface area contributed by atoms with Gasteiger partial charge in [0, 0.05) is 0 Å². The Balaban J connectivity index is -0.000000311. The zero-order chi connectivity index (χ0) is 21.0. The minimum Gasteiger partial charge on any atom is -0.418 e. The Bertz CT molecular complexity index is 523. The maximum atomic E-state index is 9.75. The van der Waals surface area contributed by atoms with E-state index < -0.39 is 21.8 Å². The van der Waals surface area contributed by atoms with Crippen molar-refractivity contribution in [1.82, 2.24) is 0 Å². The van der Waals surface area contributed by atoms with E-state index in [1.54, 1.807) is 11.3 Å². The third-order valence-electron chi connectivity index (χ3n) is 1.53. The summed E-state index contributed by atoms with van der Waals surface area (Å²) >= 11 is 1.65. The van der Waals surface area contributed by atoms with Gasteiger partial charge in [0.2, 0.25) is 0 Å². The molecular weight excluding hydrogens is 452 g/mol. The van der Waals surface area contributed by atoms with E-state index in [0.717, 1.165) is 0 Å². The van der Waals surface area contributed by atoms with E-state index in [-0.39, 0.29) is 51.4 Å².